The first-order chi connectivity index (χ1) is 11.8. The highest BCUT2D eigenvalue weighted by Crippen LogP contribution is 2.38. The molecule has 1 atom stereocenters. The van der Waals surface area contributed by atoms with Crippen LogP contribution in [0.3, 0.4) is 0 Å². The SMILES string of the molecule is Cc1ccccc1C[C@H](N)C(=O)O.NCC1(CC(=O)O)CCCCC1. The summed E-state index contributed by atoms with van der Waals surface area (Å²) in [5.41, 5.74) is 13.0. The van der Waals surface area contributed by atoms with E-state index in [9.17, 15) is 9.59 Å². The average Bonchev–Trinajstić information content (AvgIpc) is 2.57. The van der Waals surface area contributed by atoms with Gasteiger partial charge in [-0.05, 0) is 49.3 Å². The van der Waals surface area contributed by atoms with Crippen molar-refractivity contribution in [2.45, 2.75) is 57.9 Å². The molecule has 0 radical (unpaired) electrons. The van der Waals surface area contributed by atoms with E-state index in [2.05, 4.69) is 0 Å². The molecule has 1 aromatic rings. The molecule has 0 aromatic heterocycles. The number of hydrogen-bond acceptors (Lipinski definition) is 4. The normalized spacial score (nSPS) is 17.1. The van der Waals surface area contributed by atoms with Gasteiger partial charge in [0.25, 0.3) is 0 Å². The number of benzene rings is 1. The van der Waals surface area contributed by atoms with Gasteiger partial charge in [-0.1, -0.05) is 43.5 Å². The van der Waals surface area contributed by atoms with Crippen molar-refractivity contribution in [1.82, 2.24) is 0 Å². The number of aryl methyl sites for hydroxylation is 1. The van der Waals surface area contributed by atoms with Gasteiger partial charge in [-0.15, -0.1) is 0 Å². The second-order valence-electron chi connectivity index (χ2n) is 6.91. The van der Waals surface area contributed by atoms with Gasteiger partial charge in [0.05, 0.1) is 6.42 Å². The van der Waals surface area contributed by atoms with Crippen LogP contribution in [0.4, 0.5) is 0 Å². The molecule has 2 rings (SSSR count). The molecule has 0 amide bonds. The summed E-state index contributed by atoms with van der Waals surface area (Å²) in [6.07, 6.45) is 6.16. The second-order valence-corrected chi connectivity index (χ2v) is 6.91. The van der Waals surface area contributed by atoms with Crippen LogP contribution in [0, 0.1) is 12.3 Å². The van der Waals surface area contributed by atoms with Crippen LogP contribution in [0.15, 0.2) is 24.3 Å². The fourth-order valence-corrected chi connectivity index (χ4v) is 3.24. The lowest BCUT2D eigenvalue weighted by atomic mass is 9.72. The molecule has 25 heavy (non-hydrogen) atoms. The monoisotopic (exact) mass is 350 g/mol. The van der Waals surface area contributed by atoms with E-state index < -0.39 is 18.0 Å². The molecule has 6 N–H and O–H groups in total. The van der Waals surface area contributed by atoms with Crippen LogP contribution >= 0.6 is 0 Å². The molecule has 0 bridgehead atoms. The lowest BCUT2D eigenvalue weighted by Crippen LogP contribution is -2.34. The molecule has 1 saturated carbocycles. The molecule has 1 aromatic carbocycles. The van der Waals surface area contributed by atoms with Crippen LogP contribution in [0.1, 0.15) is 49.7 Å². The number of carbonyl (C=O) groups is 2. The summed E-state index contributed by atoms with van der Waals surface area (Å²) in [6, 6.07) is 6.85. The summed E-state index contributed by atoms with van der Waals surface area (Å²) in [7, 11) is 0. The minimum atomic E-state index is -0.955. The quantitative estimate of drug-likeness (QED) is 0.623. The molecule has 0 spiro atoms. The minimum Gasteiger partial charge on any atom is -0.481 e. The molecular formula is C19H30N2O4. The van der Waals surface area contributed by atoms with E-state index in [-0.39, 0.29) is 11.8 Å². The summed E-state index contributed by atoms with van der Waals surface area (Å²) < 4.78 is 0. The third kappa shape index (κ3) is 7.23. The highest BCUT2D eigenvalue weighted by Gasteiger charge is 2.32. The van der Waals surface area contributed by atoms with Crippen LogP contribution in [0.2, 0.25) is 0 Å². The smallest absolute Gasteiger partial charge is 0.320 e. The lowest BCUT2D eigenvalue weighted by Gasteiger charge is -2.34. The fourth-order valence-electron chi connectivity index (χ4n) is 3.24. The summed E-state index contributed by atoms with van der Waals surface area (Å²) in [5.74, 6) is -1.66. The van der Waals surface area contributed by atoms with Crippen molar-refractivity contribution in [3.05, 3.63) is 35.4 Å². The molecular weight excluding hydrogens is 320 g/mol. The first-order valence-corrected chi connectivity index (χ1v) is 8.74. The Balaban J connectivity index is 0.000000251. The molecule has 1 fully saturated rings. The zero-order valence-electron chi connectivity index (χ0n) is 14.9. The average molecular weight is 350 g/mol. The maximum atomic E-state index is 10.6. The van der Waals surface area contributed by atoms with Gasteiger partial charge in [0.2, 0.25) is 0 Å². The summed E-state index contributed by atoms with van der Waals surface area (Å²) in [5, 5.41) is 17.3. The Hall–Kier alpha value is -1.92. The number of carboxylic acids is 2. The fraction of sp³-hybridized carbons (Fsp3) is 0.579. The van der Waals surface area contributed by atoms with Gasteiger partial charge in [0.15, 0.2) is 0 Å². The lowest BCUT2D eigenvalue weighted by molar-refractivity contribution is -0.140. The van der Waals surface area contributed by atoms with Crippen molar-refractivity contribution in [3.8, 4) is 0 Å². The van der Waals surface area contributed by atoms with Crippen molar-refractivity contribution in [3.63, 3.8) is 0 Å². The predicted molar refractivity (Wildman–Crippen MR) is 97.3 cm³/mol. The molecule has 1 aliphatic rings. The summed E-state index contributed by atoms with van der Waals surface area (Å²) in [4.78, 5) is 21.1. The molecule has 0 heterocycles. The summed E-state index contributed by atoms with van der Waals surface area (Å²) in [6.45, 7) is 2.48. The van der Waals surface area contributed by atoms with Crippen molar-refractivity contribution in [1.29, 1.82) is 0 Å². The highest BCUT2D eigenvalue weighted by atomic mass is 16.4. The molecule has 6 nitrogen and oxygen atoms in total. The van der Waals surface area contributed by atoms with Crippen molar-refractivity contribution in [2.75, 3.05) is 6.54 Å². The first kappa shape index (κ1) is 21.1. The standard InChI is InChI=1S/C10H13NO2.C9H17NO2/c1-7-4-2-3-5-8(7)6-9(11)10(12)13;10-7-9(6-8(11)12)4-2-1-3-5-9/h2-5,9H,6,11H2,1H3,(H,12,13);1-7,10H2,(H,11,12)/t9-;/m0./s1. The molecule has 0 unspecified atom stereocenters. The van der Waals surface area contributed by atoms with Gasteiger partial charge >= 0.3 is 11.9 Å². The van der Waals surface area contributed by atoms with E-state index >= 15 is 0 Å². The zero-order valence-corrected chi connectivity index (χ0v) is 14.9. The third-order valence-corrected chi connectivity index (χ3v) is 4.89. The van der Waals surface area contributed by atoms with Crippen molar-refractivity contribution >= 4 is 11.9 Å². The van der Waals surface area contributed by atoms with Gasteiger partial charge in [0.1, 0.15) is 6.04 Å². The van der Waals surface area contributed by atoms with Gasteiger partial charge in [0, 0.05) is 0 Å². The van der Waals surface area contributed by atoms with Crippen LogP contribution in [-0.4, -0.2) is 34.7 Å². The highest BCUT2D eigenvalue weighted by molar-refractivity contribution is 5.73. The van der Waals surface area contributed by atoms with Crippen molar-refractivity contribution in [2.24, 2.45) is 16.9 Å². The Morgan fingerprint density at radius 3 is 2.24 bits per heavy atom. The number of nitrogens with two attached hydrogens (primary N) is 2. The molecule has 140 valence electrons. The third-order valence-electron chi connectivity index (χ3n) is 4.89. The van der Waals surface area contributed by atoms with E-state index in [1.54, 1.807) is 0 Å². The van der Waals surface area contributed by atoms with E-state index in [0.717, 1.165) is 36.8 Å². The van der Waals surface area contributed by atoms with Crippen molar-refractivity contribution < 1.29 is 19.8 Å². The van der Waals surface area contributed by atoms with Gasteiger partial charge in [-0.25, -0.2) is 0 Å². The van der Waals surface area contributed by atoms with Crippen LogP contribution in [0.5, 0.6) is 0 Å². The van der Waals surface area contributed by atoms with Crippen LogP contribution < -0.4 is 11.5 Å². The Bertz CT molecular complexity index is 568. The van der Waals surface area contributed by atoms with Gasteiger partial charge in [-0.2, -0.15) is 0 Å². The molecule has 0 saturated heterocycles. The number of rotatable bonds is 6. The van der Waals surface area contributed by atoms with Gasteiger partial charge in [-0.3, -0.25) is 9.59 Å². The van der Waals surface area contributed by atoms with E-state index in [1.807, 2.05) is 31.2 Å². The first-order valence-electron chi connectivity index (χ1n) is 8.74. The Morgan fingerprint density at radius 1 is 1.16 bits per heavy atom. The largest absolute Gasteiger partial charge is 0.481 e. The van der Waals surface area contributed by atoms with E-state index in [0.29, 0.717) is 13.0 Å². The van der Waals surface area contributed by atoms with E-state index in [1.165, 1.54) is 6.42 Å². The maximum absolute atomic E-state index is 10.6. The topological polar surface area (TPSA) is 127 Å². The number of hydrogen-bond donors (Lipinski definition) is 4. The van der Waals surface area contributed by atoms with Crippen LogP contribution in [-0.2, 0) is 16.0 Å². The van der Waals surface area contributed by atoms with Crippen LogP contribution in [0.25, 0.3) is 0 Å². The molecule has 0 aliphatic heterocycles. The van der Waals surface area contributed by atoms with Gasteiger partial charge < -0.3 is 21.7 Å². The molecule has 1 aliphatic carbocycles. The molecule has 6 heteroatoms. The Morgan fingerprint density at radius 2 is 1.76 bits per heavy atom. The summed E-state index contributed by atoms with van der Waals surface area (Å²) >= 11 is 0. The Labute approximate surface area is 149 Å². The number of aliphatic carboxylic acids is 2. The number of carboxylic acid groups (broad SMARTS) is 2. The van der Waals surface area contributed by atoms with E-state index in [4.69, 9.17) is 21.7 Å². The Kier molecular flexibility index (Phi) is 8.58. The minimum absolute atomic E-state index is 0.0793. The zero-order chi connectivity index (χ0) is 18.9. The predicted octanol–water partition coefficient (Wildman–Crippen LogP) is 2.32. The maximum Gasteiger partial charge on any atom is 0.320 e. The second kappa shape index (κ2) is 10.2.